The van der Waals surface area contributed by atoms with Gasteiger partial charge in [-0.1, -0.05) is 12.1 Å². The molecule has 0 radical (unpaired) electrons. The van der Waals surface area contributed by atoms with Gasteiger partial charge >= 0.3 is 0 Å². The number of aryl methyl sites for hydroxylation is 1. The third-order valence-corrected chi connectivity index (χ3v) is 6.08. The Labute approximate surface area is 166 Å². The summed E-state index contributed by atoms with van der Waals surface area (Å²) in [7, 11) is 2.21. The molecule has 6 heteroatoms. The van der Waals surface area contributed by atoms with Gasteiger partial charge in [-0.05, 0) is 56.6 Å². The lowest BCUT2D eigenvalue weighted by molar-refractivity contribution is 0.360. The van der Waals surface area contributed by atoms with Gasteiger partial charge in [0.25, 0.3) is 0 Å². The summed E-state index contributed by atoms with van der Waals surface area (Å²) in [6.07, 6.45) is 5.30. The first-order chi connectivity index (χ1) is 13.8. The predicted octanol–water partition coefficient (Wildman–Crippen LogP) is 2.88. The average molecular weight is 377 g/mol. The monoisotopic (exact) mass is 376 g/mol. The molecule has 146 valence electrons. The zero-order valence-corrected chi connectivity index (χ0v) is 16.5. The van der Waals surface area contributed by atoms with E-state index >= 15 is 0 Å². The van der Waals surface area contributed by atoms with Crippen molar-refractivity contribution in [2.75, 3.05) is 38.1 Å². The van der Waals surface area contributed by atoms with E-state index < -0.39 is 0 Å². The summed E-state index contributed by atoms with van der Waals surface area (Å²) in [5.74, 6) is 0.999. The van der Waals surface area contributed by atoms with Crippen molar-refractivity contribution in [1.29, 1.82) is 0 Å². The summed E-state index contributed by atoms with van der Waals surface area (Å²) in [5.41, 5.74) is 6.04. The van der Waals surface area contributed by atoms with E-state index in [9.17, 15) is 0 Å². The van der Waals surface area contributed by atoms with Crippen LogP contribution in [0.4, 0.5) is 5.69 Å². The fourth-order valence-corrected chi connectivity index (χ4v) is 4.53. The van der Waals surface area contributed by atoms with Crippen molar-refractivity contribution in [1.82, 2.24) is 25.2 Å². The SMILES string of the molecule is CN1CCCN(c2cccc3[nH]c(CNC4CCc5cccnc54)nc23)CC1. The molecule has 3 aromatic rings. The lowest BCUT2D eigenvalue weighted by atomic mass is 10.2. The van der Waals surface area contributed by atoms with Crippen molar-refractivity contribution >= 4 is 16.7 Å². The van der Waals surface area contributed by atoms with Crippen molar-refractivity contribution < 1.29 is 0 Å². The highest BCUT2D eigenvalue weighted by atomic mass is 15.2. The molecule has 0 saturated carbocycles. The van der Waals surface area contributed by atoms with E-state index in [4.69, 9.17) is 4.98 Å². The first-order valence-electron chi connectivity index (χ1n) is 10.4. The molecule has 28 heavy (non-hydrogen) atoms. The third kappa shape index (κ3) is 3.38. The molecule has 1 saturated heterocycles. The van der Waals surface area contributed by atoms with Crippen LogP contribution >= 0.6 is 0 Å². The van der Waals surface area contributed by atoms with E-state index in [1.54, 1.807) is 0 Å². The van der Waals surface area contributed by atoms with Crippen molar-refractivity contribution in [2.24, 2.45) is 0 Å². The highest BCUT2D eigenvalue weighted by molar-refractivity contribution is 5.89. The van der Waals surface area contributed by atoms with Gasteiger partial charge in [0, 0.05) is 25.8 Å². The molecule has 1 fully saturated rings. The molecule has 1 aliphatic carbocycles. The minimum absolute atomic E-state index is 0.324. The molecule has 2 aromatic heterocycles. The van der Waals surface area contributed by atoms with Crippen LogP contribution in [0.5, 0.6) is 0 Å². The molecule has 1 atom stereocenters. The Bertz CT molecular complexity index is 965. The standard InChI is InChI=1S/C22H28N6/c1-27-11-4-12-28(14-13-27)19-7-2-6-18-22(19)26-20(25-18)15-24-17-9-8-16-5-3-10-23-21(16)17/h2-3,5-7,10,17,24H,4,8-9,11-15H2,1H3,(H,25,26). The van der Waals surface area contributed by atoms with Crippen molar-refractivity contribution in [3.63, 3.8) is 0 Å². The van der Waals surface area contributed by atoms with Gasteiger partial charge < -0.3 is 20.1 Å². The molecular formula is C22H28N6. The van der Waals surface area contributed by atoms with Crippen LogP contribution in [0.15, 0.2) is 36.5 Å². The Balaban J connectivity index is 1.34. The van der Waals surface area contributed by atoms with Crippen LogP contribution in [-0.2, 0) is 13.0 Å². The topological polar surface area (TPSA) is 60.1 Å². The molecule has 0 spiro atoms. The average Bonchev–Trinajstić information content (AvgIpc) is 3.26. The number of imidazole rings is 1. The van der Waals surface area contributed by atoms with Crippen LogP contribution in [0.25, 0.3) is 11.0 Å². The number of aromatic nitrogens is 3. The molecule has 2 aliphatic rings. The fraction of sp³-hybridized carbons (Fsp3) is 0.455. The number of aromatic amines is 1. The number of pyridine rings is 1. The molecular weight excluding hydrogens is 348 g/mol. The lowest BCUT2D eigenvalue weighted by Gasteiger charge is -2.23. The van der Waals surface area contributed by atoms with Gasteiger partial charge in [0.2, 0.25) is 0 Å². The van der Waals surface area contributed by atoms with E-state index in [-0.39, 0.29) is 0 Å². The summed E-state index contributed by atoms with van der Waals surface area (Å²) in [4.78, 5) is 18.0. The number of benzene rings is 1. The van der Waals surface area contributed by atoms with Crippen molar-refractivity contribution in [3.05, 3.63) is 53.6 Å². The largest absolute Gasteiger partial charge is 0.368 e. The number of hydrogen-bond acceptors (Lipinski definition) is 5. The Morgan fingerprint density at radius 3 is 3.07 bits per heavy atom. The van der Waals surface area contributed by atoms with E-state index in [0.717, 1.165) is 55.9 Å². The smallest absolute Gasteiger partial charge is 0.121 e. The fourth-order valence-electron chi connectivity index (χ4n) is 4.53. The van der Waals surface area contributed by atoms with Crippen LogP contribution < -0.4 is 10.2 Å². The van der Waals surface area contributed by atoms with Crippen LogP contribution in [0.2, 0.25) is 0 Å². The minimum atomic E-state index is 0.324. The van der Waals surface area contributed by atoms with Crippen LogP contribution in [0.1, 0.15) is 36.0 Å². The summed E-state index contributed by atoms with van der Waals surface area (Å²) >= 11 is 0. The van der Waals surface area contributed by atoms with Crippen LogP contribution in [-0.4, -0.2) is 53.1 Å². The molecule has 1 aliphatic heterocycles. The van der Waals surface area contributed by atoms with Gasteiger partial charge in [0.05, 0.1) is 29.5 Å². The van der Waals surface area contributed by atoms with Crippen molar-refractivity contribution in [3.8, 4) is 0 Å². The van der Waals surface area contributed by atoms with Gasteiger partial charge in [0.1, 0.15) is 11.3 Å². The number of anilines is 1. The van der Waals surface area contributed by atoms with Gasteiger partial charge in [-0.3, -0.25) is 4.98 Å². The third-order valence-electron chi connectivity index (χ3n) is 6.08. The van der Waals surface area contributed by atoms with E-state index in [1.165, 1.54) is 29.9 Å². The molecule has 3 heterocycles. The van der Waals surface area contributed by atoms with Gasteiger partial charge in [-0.15, -0.1) is 0 Å². The summed E-state index contributed by atoms with van der Waals surface area (Å²) in [6.45, 7) is 5.15. The summed E-state index contributed by atoms with van der Waals surface area (Å²) in [6, 6.07) is 11.0. The zero-order chi connectivity index (χ0) is 18.9. The Morgan fingerprint density at radius 2 is 2.11 bits per heavy atom. The predicted molar refractivity (Wildman–Crippen MR) is 113 cm³/mol. The molecule has 6 nitrogen and oxygen atoms in total. The number of hydrogen-bond donors (Lipinski definition) is 2. The molecule has 5 rings (SSSR count). The van der Waals surface area contributed by atoms with Gasteiger partial charge in [-0.2, -0.15) is 0 Å². The van der Waals surface area contributed by atoms with Gasteiger partial charge in [0.15, 0.2) is 0 Å². The van der Waals surface area contributed by atoms with Gasteiger partial charge in [-0.25, -0.2) is 4.98 Å². The quantitative estimate of drug-likeness (QED) is 0.733. The van der Waals surface area contributed by atoms with Crippen LogP contribution in [0.3, 0.4) is 0 Å². The van der Waals surface area contributed by atoms with E-state index in [1.807, 2.05) is 12.3 Å². The molecule has 2 N–H and O–H groups in total. The second-order valence-electron chi connectivity index (χ2n) is 8.02. The molecule has 0 amide bonds. The normalized spacial score (nSPS) is 20.5. The number of nitrogens with one attached hydrogen (secondary N) is 2. The summed E-state index contributed by atoms with van der Waals surface area (Å²) < 4.78 is 0. The Kier molecular flexibility index (Phi) is 4.74. The Hall–Kier alpha value is -2.44. The number of nitrogens with zero attached hydrogens (tertiary/aromatic N) is 4. The molecule has 0 bridgehead atoms. The second kappa shape index (κ2) is 7.53. The Morgan fingerprint density at radius 1 is 1.14 bits per heavy atom. The first-order valence-corrected chi connectivity index (χ1v) is 10.4. The maximum Gasteiger partial charge on any atom is 0.121 e. The zero-order valence-electron chi connectivity index (χ0n) is 16.5. The van der Waals surface area contributed by atoms with Crippen molar-refractivity contribution in [2.45, 2.75) is 31.8 Å². The number of rotatable bonds is 4. The number of likely N-dealkylation sites (N-methyl/N-ethyl adjacent to an activating group) is 1. The lowest BCUT2D eigenvalue weighted by Crippen LogP contribution is -2.28. The highest BCUT2D eigenvalue weighted by Crippen LogP contribution is 2.30. The highest BCUT2D eigenvalue weighted by Gasteiger charge is 2.23. The van der Waals surface area contributed by atoms with E-state index in [2.05, 4.69) is 56.4 Å². The number of para-hydroxylation sites is 1. The maximum absolute atomic E-state index is 4.96. The van der Waals surface area contributed by atoms with E-state index in [0.29, 0.717) is 6.04 Å². The van der Waals surface area contributed by atoms with Crippen LogP contribution in [0, 0.1) is 0 Å². The maximum atomic E-state index is 4.96. The number of H-pyrrole nitrogens is 1. The molecule has 1 unspecified atom stereocenters. The minimum Gasteiger partial charge on any atom is -0.368 e. The molecule has 1 aromatic carbocycles. The second-order valence-corrected chi connectivity index (χ2v) is 8.02. The summed E-state index contributed by atoms with van der Waals surface area (Å²) in [5, 5.41) is 3.65. The number of fused-ring (bicyclic) bond motifs is 2. The first kappa shape index (κ1) is 17.6.